The lowest BCUT2D eigenvalue weighted by Crippen LogP contribution is -2.02. The van der Waals surface area contributed by atoms with Crippen molar-refractivity contribution in [2.45, 2.75) is 19.8 Å². The van der Waals surface area contributed by atoms with E-state index >= 15 is 0 Å². The molecule has 1 N–H and O–H groups in total. The minimum Gasteiger partial charge on any atom is -0.494 e. The molecular weight excluding hydrogens is 291 g/mol. The standard InChI is InChI=1S/C11H15IO2/c1-3-14-9-4-5-11(12)10(6-9)8(2)7-13/h4-6,8,13H,3,7H2,1-2H3. The van der Waals surface area contributed by atoms with Gasteiger partial charge in [-0.15, -0.1) is 0 Å². The predicted molar refractivity (Wildman–Crippen MR) is 65.8 cm³/mol. The SMILES string of the molecule is CCOc1ccc(I)c(C(C)CO)c1. The van der Waals surface area contributed by atoms with E-state index in [4.69, 9.17) is 9.84 Å². The molecule has 0 saturated carbocycles. The molecule has 0 heterocycles. The molecule has 1 rings (SSSR count). The van der Waals surface area contributed by atoms with E-state index in [1.807, 2.05) is 32.0 Å². The van der Waals surface area contributed by atoms with Crippen LogP contribution in [-0.2, 0) is 0 Å². The molecule has 0 radical (unpaired) electrons. The minimum absolute atomic E-state index is 0.169. The maximum absolute atomic E-state index is 9.09. The number of aliphatic hydroxyl groups excluding tert-OH is 1. The first-order valence-corrected chi connectivity index (χ1v) is 5.80. The Bertz CT molecular complexity index is 299. The van der Waals surface area contributed by atoms with Gasteiger partial charge in [0.15, 0.2) is 0 Å². The fourth-order valence-electron chi connectivity index (χ4n) is 1.25. The van der Waals surface area contributed by atoms with Crippen molar-refractivity contribution in [2.24, 2.45) is 0 Å². The Labute approximate surface area is 98.4 Å². The molecule has 1 aromatic rings. The zero-order valence-corrected chi connectivity index (χ0v) is 10.6. The second-order valence-corrected chi connectivity index (χ2v) is 4.36. The number of aliphatic hydroxyl groups is 1. The van der Waals surface area contributed by atoms with Crippen LogP contribution in [0.25, 0.3) is 0 Å². The Morgan fingerprint density at radius 1 is 1.50 bits per heavy atom. The van der Waals surface area contributed by atoms with Crippen LogP contribution in [0.2, 0.25) is 0 Å². The quantitative estimate of drug-likeness (QED) is 0.867. The molecule has 1 unspecified atom stereocenters. The average Bonchev–Trinajstić information content (AvgIpc) is 2.20. The van der Waals surface area contributed by atoms with Gasteiger partial charge in [0.05, 0.1) is 6.61 Å². The topological polar surface area (TPSA) is 29.5 Å². The van der Waals surface area contributed by atoms with Gasteiger partial charge in [0.25, 0.3) is 0 Å². The summed E-state index contributed by atoms with van der Waals surface area (Å²) in [6, 6.07) is 5.98. The highest BCUT2D eigenvalue weighted by Crippen LogP contribution is 2.25. The van der Waals surface area contributed by atoms with E-state index in [2.05, 4.69) is 22.6 Å². The highest BCUT2D eigenvalue weighted by molar-refractivity contribution is 14.1. The van der Waals surface area contributed by atoms with E-state index in [0.717, 1.165) is 11.3 Å². The van der Waals surface area contributed by atoms with Crippen molar-refractivity contribution in [2.75, 3.05) is 13.2 Å². The van der Waals surface area contributed by atoms with Gasteiger partial charge in [-0.2, -0.15) is 0 Å². The summed E-state index contributed by atoms with van der Waals surface area (Å²) in [6.45, 7) is 4.82. The van der Waals surface area contributed by atoms with Crippen LogP contribution < -0.4 is 4.74 Å². The van der Waals surface area contributed by atoms with Gasteiger partial charge in [0, 0.05) is 16.1 Å². The minimum atomic E-state index is 0.169. The Balaban J connectivity index is 2.95. The molecule has 3 heteroatoms. The molecule has 14 heavy (non-hydrogen) atoms. The zero-order chi connectivity index (χ0) is 10.6. The van der Waals surface area contributed by atoms with Crippen LogP contribution in [0, 0.1) is 3.57 Å². The van der Waals surface area contributed by atoms with Gasteiger partial charge in [-0.1, -0.05) is 6.92 Å². The van der Waals surface area contributed by atoms with Crippen LogP contribution in [0.5, 0.6) is 5.75 Å². The first-order valence-electron chi connectivity index (χ1n) is 4.72. The lowest BCUT2D eigenvalue weighted by molar-refractivity contribution is 0.272. The van der Waals surface area contributed by atoms with Gasteiger partial charge in [-0.05, 0) is 53.3 Å². The predicted octanol–water partition coefficient (Wildman–Crippen LogP) is 2.79. The molecule has 1 atom stereocenters. The van der Waals surface area contributed by atoms with Gasteiger partial charge in [-0.25, -0.2) is 0 Å². The molecular formula is C11H15IO2. The average molecular weight is 306 g/mol. The monoisotopic (exact) mass is 306 g/mol. The fraction of sp³-hybridized carbons (Fsp3) is 0.455. The van der Waals surface area contributed by atoms with E-state index in [1.54, 1.807) is 0 Å². The van der Waals surface area contributed by atoms with Crippen molar-refractivity contribution in [3.05, 3.63) is 27.3 Å². The fourth-order valence-corrected chi connectivity index (χ4v) is 2.12. The Kier molecular flexibility index (Phi) is 4.68. The van der Waals surface area contributed by atoms with E-state index in [9.17, 15) is 0 Å². The van der Waals surface area contributed by atoms with E-state index < -0.39 is 0 Å². The third-order valence-corrected chi connectivity index (χ3v) is 3.07. The van der Waals surface area contributed by atoms with Crippen molar-refractivity contribution in [3.8, 4) is 5.75 Å². The van der Waals surface area contributed by atoms with Crippen LogP contribution in [-0.4, -0.2) is 18.3 Å². The molecule has 2 nitrogen and oxygen atoms in total. The molecule has 0 aliphatic rings. The third kappa shape index (κ3) is 2.85. The molecule has 0 fully saturated rings. The molecule has 0 bridgehead atoms. The van der Waals surface area contributed by atoms with Gasteiger partial charge < -0.3 is 9.84 Å². The first kappa shape index (κ1) is 11.8. The summed E-state index contributed by atoms with van der Waals surface area (Å²) in [4.78, 5) is 0. The van der Waals surface area contributed by atoms with Gasteiger partial charge in [0.2, 0.25) is 0 Å². The second kappa shape index (κ2) is 5.56. The van der Waals surface area contributed by atoms with Crippen LogP contribution in [0.3, 0.4) is 0 Å². The summed E-state index contributed by atoms with van der Waals surface area (Å²) in [5, 5.41) is 9.09. The van der Waals surface area contributed by atoms with Crippen molar-refractivity contribution in [3.63, 3.8) is 0 Å². The maximum atomic E-state index is 9.09. The van der Waals surface area contributed by atoms with Gasteiger partial charge in [0.1, 0.15) is 5.75 Å². The highest BCUT2D eigenvalue weighted by atomic mass is 127. The van der Waals surface area contributed by atoms with Crippen molar-refractivity contribution < 1.29 is 9.84 Å². The molecule has 0 spiro atoms. The van der Waals surface area contributed by atoms with Crippen LogP contribution in [0.1, 0.15) is 25.3 Å². The lowest BCUT2D eigenvalue weighted by atomic mass is 10.0. The molecule has 0 aliphatic carbocycles. The Hall–Kier alpha value is -0.290. The van der Waals surface area contributed by atoms with Crippen LogP contribution in [0.4, 0.5) is 0 Å². The van der Waals surface area contributed by atoms with Crippen LogP contribution in [0.15, 0.2) is 18.2 Å². The summed E-state index contributed by atoms with van der Waals surface area (Å²) in [5.74, 6) is 1.05. The number of hydrogen-bond acceptors (Lipinski definition) is 2. The van der Waals surface area contributed by atoms with Gasteiger partial charge >= 0.3 is 0 Å². The third-order valence-electron chi connectivity index (χ3n) is 2.08. The van der Waals surface area contributed by atoms with E-state index in [-0.39, 0.29) is 12.5 Å². The number of benzene rings is 1. The summed E-state index contributed by atoms with van der Waals surface area (Å²) >= 11 is 2.28. The zero-order valence-electron chi connectivity index (χ0n) is 8.46. The normalized spacial score (nSPS) is 12.6. The number of hydrogen-bond donors (Lipinski definition) is 1. The number of halogens is 1. The highest BCUT2D eigenvalue weighted by Gasteiger charge is 2.09. The van der Waals surface area contributed by atoms with E-state index in [1.165, 1.54) is 3.57 Å². The summed E-state index contributed by atoms with van der Waals surface area (Å²) in [5.41, 5.74) is 1.15. The Morgan fingerprint density at radius 2 is 2.21 bits per heavy atom. The molecule has 78 valence electrons. The summed E-state index contributed by atoms with van der Waals surface area (Å²) in [7, 11) is 0. The largest absolute Gasteiger partial charge is 0.494 e. The molecule has 0 aliphatic heterocycles. The number of rotatable bonds is 4. The number of ether oxygens (including phenoxy) is 1. The first-order chi connectivity index (χ1) is 6.69. The maximum Gasteiger partial charge on any atom is 0.119 e. The van der Waals surface area contributed by atoms with Crippen LogP contribution >= 0.6 is 22.6 Å². The van der Waals surface area contributed by atoms with Crippen molar-refractivity contribution >= 4 is 22.6 Å². The molecule has 0 amide bonds. The Morgan fingerprint density at radius 3 is 2.79 bits per heavy atom. The molecule has 0 aromatic heterocycles. The van der Waals surface area contributed by atoms with Crippen molar-refractivity contribution in [1.82, 2.24) is 0 Å². The summed E-state index contributed by atoms with van der Waals surface area (Å²) < 4.78 is 6.58. The summed E-state index contributed by atoms with van der Waals surface area (Å²) in [6.07, 6.45) is 0. The van der Waals surface area contributed by atoms with E-state index in [0.29, 0.717) is 6.61 Å². The second-order valence-electron chi connectivity index (χ2n) is 3.20. The molecule has 0 saturated heterocycles. The van der Waals surface area contributed by atoms with Crippen molar-refractivity contribution in [1.29, 1.82) is 0 Å². The molecule has 1 aromatic carbocycles. The lowest BCUT2D eigenvalue weighted by Gasteiger charge is -2.12. The smallest absolute Gasteiger partial charge is 0.119 e. The van der Waals surface area contributed by atoms with Gasteiger partial charge in [-0.3, -0.25) is 0 Å².